The molecule has 2 aromatic rings. The Labute approximate surface area is 105 Å². The predicted molar refractivity (Wildman–Crippen MR) is 63.3 cm³/mol. The summed E-state index contributed by atoms with van der Waals surface area (Å²) in [6.45, 7) is 0. The van der Waals surface area contributed by atoms with Crippen molar-refractivity contribution in [2.45, 2.75) is 25.7 Å². The first-order chi connectivity index (χ1) is 8.90. The van der Waals surface area contributed by atoms with Gasteiger partial charge in [0.15, 0.2) is 0 Å². The van der Waals surface area contributed by atoms with Crippen LogP contribution in [0.15, 0.2) is 23.1 Å². The van der Waals surface area contributed by atoms with E-state index >= 15 is 0 Å². The van der Waals surface area contributed by atoms with Gasteiger partial charge in [-0.05, 0) is 43.1 Å². The van der Waals surface area contributed by atoms with Gasteiger partial charge >= 0.3 is 0 Å². The van der Waals surface area contributed by atoms with Crippen molar-refractivity contribution in [2.75, 3.05) is 0 Å². The van der Waals surface area contributed by atoms with E-state index in [1.165, 1.54) is 25.6 Å². The molecule has 0 saturated heterocycles. The van der Waals surface area contributed by atoms with Gasteiger partial charge in [-0.1, -0.05) is 5.16 Å². The lowest BCUT2D eigenvalue weighted by Gasteiger charge is -2.06. The zero-order valence-corrected chi connectivity index (χ0v) is 9.99. The Morgan fingerprint density at radius 1 is 1.33 bits per heavy atom. The van der Waals surface area contributed by atoms with Gasteiger partial charge in [0.2, 0.25) is 11.7 Å². The third-order valence-electron chi connectivity index (χ3n) is 4.21. The lowest BCUT2D eigenvalue weighted by Crippen LogP contribution is -2.03. The van der Waals surface area contributed by atoms with Crippen LogP contribution in [0.4, 0.5) is 0 Å². The molecule has 4 rings (SSSR count). The molecule has 0 aliphatic heterocycles. The highest BCUT2D eigenvalue weighted by Crippen LogP contribution is 2.56. The van der Waals surface area contributed by atoms with Crippen LogP contribution in [0.2, 0.25) is 0 Å². The van der Waals surface area contributed by atoms with E-state index in [2.05, 4.69) is 20.1 Å². The van der Waals surface area contributed by atoms with Crippen LogP contribution in [-0.4, -0.2) is 20.1 Å². The molecule has 0 bridgehead atoms. The quantitative estimate of drug-likeness (QED) is 0.824. The van der Waals surface area contributed by atoms with Gasteiger partial charge in [-0.25, -0.2) is 9.97 Å². The fourth-order valence-electron chi connectivity index (χ4n) is 3.17. The van der Waals surface area contributed by atoms with Crippen LogP contribution in [-0.2, 0) is 6.42 Å². The lowest BCUT2D eigenvalue weighted by molar-refractivity contribution is 0.342. The molecule has 18 heavy (non-hydrogen) atoms. The summed E-state index contributed by atoms with van der Waals surface area (Å²) in [5.41, 5.74) is 0.718. The van der Waals surface area contributed by atoms with E-state index in [0.717, 1.165) is 35.8 Å². The number of nitrogens with zero attached hydrogens (tertiary/aromatic N) is 4. The average Bonchev–Trinajstić information content (AvgIpc) is 2.87. The largest absolute Gasteiger partial charge is 0.339 e. The van der Waals surface area contributed by atoms with E-state index in [9.17, 15) is 0 Å². The van der Waals surface area contributed by atoms with Gasteiger partial charge < -0.3 is 4.52 Å². The molecule has 0 N–H and O–H groups in total. The van der Waals surface area contributed by atoms with Gasteiger partial charge in [-0.15, -0.1) is 0 Å². The number of fused-ring (bicyclic) bond motifs is 1. The Morgan fingerprint density at radius 2 is 2.33 bits per heavy atom. The number of rotatable bonds is 3. The third kappa shape index (κ3) is 1.70. The average molecular weight is 242 g/mol. The highest BCUT2D eigenvalue weighted by Gasteiger charge is 2.48. The molecule has 5 nitrogen and oxygen atoms in total. The first kappa shape index (κ1) is 10.2. The number of hydrogen-bond acceptors (Lipinski definition) is 5. The molecule has 3 atom stereocenters. The van der Waals surface area contributed by atoms with Gasteiger partial charge in [0.1, 0.15) is 12.0 Å². The molecule has 2 fully saturated rings. The first-order valence-corrected chi connectivity index (χ1v) is 6.49. The topological polar surface area (TPSA) is 64.7 Å². The number of hydrogen-bond donors (Lipinski definition) is 0. The maximum absolute atomic E-state index is 5.33. The third-order valence-corrected chi connectivity index (χ3v) is 4.21. The zero-order chi connectivity index (χ0) is 11.9. The fraction of sp³-hybridized carbons (Fsp3) is 0.538. The van der Waals surface area contributed by atoms with Crippen molar-refractivity contribution in [3.05, 3.63) is 24.5 Å². The highest BCUT2D eigenvalue weighted by molar-refractivity contribution is 5.46. The van der Waals surface area contributed by atoms with Crippen LogP contribution < -0.4 is 0 Å². The van der Waals surface area contributed by atoms with E-state index in [4.69, 9.17) is 4.52 Å². The highest BCUT2D eigenvalue weighted by atomic mass is 16.5. The fourth-order valence-corrected chi connectivity index (χ4v) is 3.17. The van der Waals surface area contributed by atoms with E-state index in [-0.39, 0.29) is 0 Å². The summed E-state index contributed by atoms with van der Waals surface area (Å²) >= 11 is 0. The molecule has 2 aliphatic rings. The SMILES string of the molecule is c1cc(-c2noc(CC3CCC4CC34)n2)ncn1. The zero-order valence-electron chi connectivity index (χ0n) is 9.99. The van der Waals surface area contributed by atoms with Crippen LogP contribution in [0.1, 0.15) is 25.2 Å². The van der Waals surface area contributed by atoms with E-state index in [1.54, 1.807) is 12.3 Å². The minimum absolute atomic E-state index is 0.567. The van der Waals surface area contributed by atoms with Crippen LogP contribution >= 0.6 is 0 Å². The van der Waals surface area contributed by atoms with Crippen LogP contribution in [0.3, 0.4) is 0 Å². The summed E-state index contributed by atoms with van der Waals surface area (Å²) in [7, 11) is 0. The maximum Gasteiger partial charge on any atom is 0.227 e. The molecule has 5 heteroatoms. The standard InChI is InChI=1S/C13H14N4O/c1-2-9(10-5-8(1)10)6-12-16-13(17-18-12)11-3-4-14-7-15-11/h3-4,7-10H,1-2,5-6H2. The number of aromatic nitrogens is 4. The maximum atomic E-state index is 5.33. The second-order valence-corrected chi connectivity index (χ2v) is 5.31. The first-order valence-electron chi connectivity index (χ1n) is 6.49. The van der Waals surface area contributed by atoms with Crippen molar-refractivity contribution in [3.8, 4) is 11.5 Å². The second-order valence-electron chi connectivity index (χ2n) is 5.31. The molecule has 2 aromatic heterocycles. The summed E-state index contributed by atoms with van der Waals surface area (Å²) in [4.78, 5) is 12.4. The van der Waals surface area contributed by atoms with Crippen molar-refractivity contribution in [1.29, 1.82) is 0 Å². The van der Waals surface area contributed by atoms with Gasteiger partial charge in [0.05, 0.1) is 0 Å². The van der Waals surface area contributed by atoms with Gasteiger partial charge in [-0.2, -0.15) is 4.98 Å². The molecule has 2 aliphatic carbocycles. The molecule has 0 amide bonds. The summed E-state index contributed by atoms with van der Waals surface area (Å²) in [6.07, 6.45) is 8.24. The van der Waals surface area contributed by atoms with Gasteiger partial charge in [0, 0.05) is 12.6 Å². The summed E-state index contributed by atoms with van der Waals surface area (Å²) in [5.74, 6) is 4.01. The second kappa shape index (κ2) is 3.86. The van der Waals surface area contributed by atoms with Gasteiger partial charge in [-0.3, -0.25) is 0 Å². The van der Waals surface area contributed by atoms with Crippen LogP contribution in [0.25, 0.3) is 11.5 Å². The predicted octanol–water partition coefficient (Wildman–Crippen LogP) is 2.12. The molecule has 0 radical (unpaired) electrons. The van der Waals surface area contributed by atoms with Crippen molar-refractivity contribution in [3.63, 3.8) is 0 Å². The Kier molecular flexibility index (Phi) is 2.18. The minimum atomic E-state index is 0.567. The van der Waals surface area contributed by atoms with Crippen molar-refractivity contribution in [2.24, 2.45) is 17.8 Å². The van der Waals surface area contributed by atoms with E-state index in [0.29, 0.717) is 5.82 Å². The molecule has 92 valence electrons. The minimum Gasteiger partial charge on any atom is -0.339 e. The Bertz CT molecular complexity index is 553. The molecule has 0 aromatic carbocycles. The van der Waals surface area contributed by atoms with Crippen molar-refractivity contribution in [1.82, 2.24) is 20.1 Å². The monoisotopic (exact) mass is 242 g/mol. The van der Waals surface area contributed by atoms with E-state index < -0.39 is 0 Å². The van der Waals surface area contributed by atoms with Gasteiger partial charge in [0.25, 0.3) is 0 Å². The van der Waals surface area contributed by atoms with Crippen LogP contribution in [0, 0.1) is 17.8 Å². The smallest absolute Gasteiger partial charge is 0.227 e. The normalized spacial score (nSPS) is 29.2. The Balaban J connectivity index is 1.51. The lowest BCUT2D eigenvalue weighted by atomic mass is 10.00. The molecule has 2 heterocycles. The van der Waals surface area contributed by atoms with E-state index in [1.807, 2.05) is 0 Å². The summed E-state index contributed by atoms with van der Waals surface area (Å²) < 4.78 is 5.33. The van der Waals surface area contributed by atoms with Crippen molar-refractivity contribution < 1.29 is 4.52 Å². The molecular weight excluding hydrogens is 228 g/mol. The van der Waals surface area contributed by atoms with Crippen molar-refractivity contribution >= 4 is 0 Å². The molecule has 3 unspecified atom stereocenters. The Morgan fingerprint density at radius 3 is 3.06 bits per heavy atom. The molecular formula is C13H14N4O. The molecule has 2 saturated carbocycles. The summed E-state index contributed by atoms with van der Waals surface area (Å²) in [5, 5.41) is 3.99. The molecule has 0 spiro atoms. The van der Waals surface area contributed by atoms with Crippen LogP contribution in [0.5, 0.6) is 0 Å². The summed E-state index contributed by atoms with van der Waals surface area (Å²) in [6, 6.07) is 1.79. The Hall–Kier alpha value is -1.78.